The van der Waals surface area contributed by atoms with Crippen LogP contribution in [0, 0.1) is 12.8 Å². The van der Waals surface area contributed by atoms with Crippen LogP contribution in [-0.4, -0.2) is 15.0 Å². The number of aromatic nitrogens is 3. The smallest absolute Gasteiger partial charge is 0.142 e. The van der Waals surface area contributed by atoms with E-state index in [1.165, 1.54) is 12.0 Å². The second-order valence-electron chi connectivity index (χ2n) is 7.08. The summed E-state index contributed by atoms with van der Waals surface area (Å²) in [7, 11) is 0. The number of H-pyrrole nitrogens is 1. The average Bonchev–Trinajstić information content (AvgIpc) is 3.24. The predicted molar refractivity (Wildman–Crippen MR) is 115 cm³/mol. The molecule has 136 valence electrons. The second-order valence-corrected chi connectivity index (χ2v) is 7.94. The van der Waals surface area contributed by atoms with Crippen LogP contribution in [0.2, 0.25) is 0 Å². The Bertz CT molecular complexity index is 1060. The van der Waals surface area contributed by atoms with Crippen LogP contribution in [0.5, 0.6) is 0 Å². The third-order valence-electron chi connectivity index (χ3n) is 5.00. The maximum absolute atomic E-state index is 4.95. The molecule has 0 saturated carbocycles. The molecule has 27 heavy (non-hydrogen) atoms. The van der Waals surface area contributed by atoms with Gasteiger partial charge in [-0.2, -0.15) is 0 Å². The van der Waals surface area contributed by atoms with E-state index in [1.807, 2.05) is 31.3 Å². The standard InChI is InChI=1S/C23H23N3S/c1-4-15(2)12-17-11-10-16(3)25-22(17)23-26-21(14-27-23)19-13-24-20-9-7-5-6-8-18(19)20/h5-6,8-11,13-15,24H,4,12H2,1-3H3. The largest absolute Gasteiger partial charge is 0.360 e. The number of hydrogen-bond donors (Lipinski definition) is 1. The van der Waals surface area contributed by atoms with Gasteiger partial charge < -0.3 is 4.98 Å². The molecule has 0 radical (unpaired) electrons. The van der Waals surface area contributed by atoms with E-state index in [-0.39, 0.29) is 0 Å². The topological polar surface area (TPSA) is 41.6 Å². The minimum absolute atomic E-state index is 0.637. The molecule has 0 bridgehead atoms. The molecule has 4 rings (SSSR count). The molecule has 3 heterocycles. The Kier molecular flexibility index (Phi) is 4.93. The molecule has 3 aromatic heterocycles. The summed E-state index contributed by atoms with van der Waals surface area (Å²) < 4.78 is 0. The van der Waals surface area contributed by atoms with Crippen LogP contribution in [0.15, 0.2) is 41.6 Å². The second kappa shape index (κ2) is 7.51. The molecule has 1 N–H and O–H groups in total. The van der Waals surface area contributed by atoms with Crippen molar-refractivity contribution in [1.82, 2.24) is 15.0 Å². The molecule has 0 spiro atoms. The van der Waals surface area contributed by atoms with Crippen LogP contribution in [0.1, 0.15) is 42.8 Å². The minimum atomic E-state index is 0.637. The van der Waals surface area contributed by atoms with E-state index in [0.29, 0.717) is 5.92 Å². The van der Waals surface area contributed by atoms with E-state index in [1.54, 1.807) is 11.3 Å². The third kappa shape index (κ3) is 3.59. The fourth-order valence-corrected chi connectivity index (χ4v) is 4.10. The molecule has 1 unspecified atom stereocenters. The maximum Gasteiger partial charge on any atom is 0.142 e. The van der Waals surface area contributed by atoms with Gasteiger partial charge in [-0.15, -0.1) is 17.1 Å². The normalized spacial score (nSPS) is 13.6. The van der Waals surface area contributed by atoms with Gasteiger partial charge in [-0.05, 0) is 37.0 Å². The number of thiazole rings is 1. The molecular formula is C23H23N3S. The Labute approximate surface area is 164 Å². The van der Waals surface area contributed by atoms with Gasteiger partial charge in [0, 0.05) is 34.5 Å². The zero-order valence-electron chi connectivity index (χ0n) is 15.9. The number of aryl methyl sites for hydroxylation is 1. The SMILES string of the molecule is CCC(C)Cc1ccc(C)nc1-c1nc(-c2c[nH]c3c2C=CC=C=C3)cs1. The van der Waals surface area contributed by atoms with Crippen LogP contribution in [0.3, 0.4) is 0 Å². The lowest BCUT2D eigenvalue weighted by Gasteiger charge is -2.12. The lowest BCUT2D eigenvalue weighted by atomic mass is 9.97. The summed E-state index contributed by atoms with van der Waals surface area (Å²) in [6, 6.07) is 4.32. The van der Waals surface area contributed by atoms with Crippen molar-refractivity contribution in [3.8, 4) is 22.0 Å². The summed E-state index contributed by atoms with van der Waals surface area (Å²) in [6.45, 7) is 6.57. The van der Waals surface area contributed by atoms with Crippen molar-refractivity contribution in [3.63, 3.8) is 0 Å². The summed E-state index contributed by atoms with van der Waals surface area (Å²) in [4.78, 5) is 13.1. The molecule has 0 fully saturated rings. The van der Waals surface area contributed by atoms with E-state index in [2.05, 4.69) is 48.2 Å². The van der Waals surface area contributed by atoms with Crippen LogP contribution >= 0.6 is 11.3 Å². The fraction of sp³-hybridized carbons (Fsp3) is 0.261. The van der Waals surface area contributed by atoms with Crippen molar-refractivity contribution in [2.45, 2.75) is 33.6 Å². The quantitative estimate of drug-likeness (QED) is 0.534. The van der Waals surface area contributed by atoms with Crippen molar-refractivity contribution in [3.05, 3.63) is 64.1 Å². The molecule has 0 aromatic carbocycles. The average molecular weight is 374 g/mol. The Morgan fingerprint density at radius 1 is 1.26 bits per heavy atom. The van der Waals surface area contributed by atoms with Crippen LogP contribution in [0.4, 0.5) is 0 Å². The summed E-state index contributed by atoms with van der Waals surface area (Å²) >= 11 is 1.67. The molecule has 0 amide bonds. The van der Waals surface area contributed by atoms with Crippen molar-refractivity contribution >= 4 is 23.5 Å². The van der Waals surface area contributed by atoms with Gasteiger partial charge >= 0.3 is 0 Å². The van der Waals surface area contributed by atoms with Crippen LogP contribution in [-0.2, 0) is 6.42 Å². The lowest BCUT2D eigenvalue weighted by molar-refractivity contribution is 0.560. The van der Waals surface area contributed by atoms with Gasteiger partial charge in [-0.1, -0.05) is 38.5 Å². The zero-order valence-corrected chi connectivity index (χ0v) is 16.7. The summed E-state index contributed by atoms with van der Waals surface area (Å²) in [5.41, 5.74) is 10.8. The molecule has 0 saturated heterocycles. The minimum Gasteiger partial charge on any atom is -0.360 e. The molecule has 1 atom stereocenters. The Hall–Kier alpha value is -2.68. The number of allylic oxidation sites excluding steroid dienone is 2. The maximum atomic E-state index is 4.95. The molecule has 3 nitrogen and oxygen atoms in total. The van der Waals surface area contributed by atoms with Gasteiger partial charge in [-0.25, -0.2) is 4.98 Å². The van der Waals surface area contributed by atoms with E-state index in [9.17, 15) is 0 Å². The third-order valence-corrected chi connectivity index (χ3v) is 5.85. The number of nitrogens with one attached hydrogen (secondary N) is 1. The summed E-state index contributed by atoms with van der Waals surface area (Å²) in [5.74, 6) is 0.637. The highest BCUT2D eigenvalue weighted by atomic mass is 32.1. The first-order chi connectivity index (χ1) is 13.2. The first-order valence-corrected chi connectivity index (χ1v) is 10.3. The number of rotatable bonds is 5. The van der Waals surface area contributed by atoms with Crippen molar-refractivity contribution in [1.29, 1.82) is 0 Å². The number of hydrogen-bond acceptors (Lipinski definition) is 3. The fourth-order valence-electron chi connectivity index (χ4n) is 3.25. The first-order valence-electron chi connectivity index (χ1n) is 9.39. The van der Waals surface area contributed by atoms with E-state index < -0.39 is 0 Å². The monoisotopic (exact) mass is 373 g/mol. The summed E-state index contributed by atoms with van der Waals surface area (Å²) in [6.07, 6.45) is 12.2. The first kappa shape index (κ1) is 17.7. The lowest BCUT2D eigenvalue weighted by Crippen LogP contribution is -2.02. The van der Waals surface area contributed by atoms with Crippen molar-refractivity contribution in [2.75, 3.05) is 0 Å². The predicted octanol–water partition coefficient (Wildman–Crippen LogP) is 6.29. The van der Waals surface area contributed by atoms with Gasteiger partial charge in [0.05, 0.1) is 11.4 Å². The number of aromatic amines is 1. The molecule has 0 aliphatic heterocycles. The van der Waals surface area contributed by atoms with Crippen LogP contribution in [0.25, 0.3) is 34.1 Å². The van der Waals surface area contributed by atoms with Gasteiger partial charge in [0.15, 0.2) is 0 Å². The van der Waals surface area contributed by atoms with Gasteiger partial charge in [0.1, 0.15) is 10.7 Å². The molecule has 1 aliphatic rings. The Morgan fingerprint density at radius 3 is 3.00 bits per heavy atom. The highest BCUT2D eigenvalue weighted by Crippen LogP contribution is 2.34. The summed E-state index contributed by atoms with van der Waals surface area (Å²) in [5, 5.41) is 3.12. The van der Waals surface area contributed by atoms with Crippen molar-refractivity contribution in [2.24, 2.45) is 5.92 Å². The van der Waals surface area contributed by atoms with Gasteiger partial charge in [-0.3, -0.25) is 4.98 Å². The Morgan fingerprint density at radius 2 is 2.15 bits per heavy atom. The molecule has 4 heteroatoms. The van der Waals surface area contributed by atoms with E-state index >= 15 is 0 Å². The van der Waals surface area contributed by atoms with Crippen molar-refractivity contribution < 1.29 is 0 Å². The number of pyridine rings is 1. The number of fused-ring (bicyclic) bond motifs is 1. The highest BCUT2D eigenvalue weighted by Gasteiger charge is 2.17. The van der Waals surface area contributed by atoms with Crippen LogP contribution < -0.4 is 0 Å². The highest BCUT2D eigenvalue weighted by molar-refractivity contribution is 7.13. The Balaban J connectivity index is 1.73. The van der Waals surface area contributed by atoms with E-state index in [4.69, 9.17) is 9.97 Å². The molecular weight excluding hydrogens is 350 g/mol. The zero-order chi connectivity index (χ0) is 18.8. The number of nitrogens with zero attached hydrogens (tertiary/aromatic N) is 2. The van der Waals surface area contributed by atoms with E-state index in [0.717, 1.165) is 45.3 Å². The molecule has 3 aromatic rings. The van der Waals surface area contributed by atoms with Gasteiger partial charge in [0.25, 0.3) is 0 Å². The molecule has 1 aliphatic carbocycles. The van der Waals surface area contributed by atoms with Gasteiger partial charge in [0.2, 0.25) is 0 Å².